The third kappa shape index (κ3) is 8.54. The number of benzene rings is 2. The lowest BCUT2D eigenvalue weighted by molar-refractivity contribution is 0.539. The summed E-state index contributed by atoms with van der Waals surface area (Å²) in [7, 11) is 0. The highest BCUT2D eigenvalue weighted by Gasteiger charge is 2.10. The fourth-order valence-corrected chi connectivity index (χ4v) is 1.86. The number of nitrogens with zero attached hydrogens (tertiary/aromatic N) is 2. The van der Waals surface area contributed by atoms with Crippen LogP contribution in [0, 0.1) is 34.9 Å². The van der Waals surface area contributed by atoms with Crippen LogP contribution in [0.1, 0.15) is 38.8 Å². The molecule has 2 rings (SSSR count). The highest BCUT2D eigenvalue weighted by Crippen LogP contribution is 2.13. The number of nitrogens with one attached hydrogen (secondary N) is 2. The molecule has 0 radical (unpaired) electrons. The number of hydrogen-bond acceptors (Lipinski definition) is 4. The number of halogens is 6. The van der Waals surface area contributed by atoms with Crippen LogP contribution in [0.15, 0.2) is 34.5 Å². The molecule has 0 aliphatic heterocycles. The second-order valence-electron chi connectivity index (χ2n) is 6.65. The maximum absolute atomic E-state index is 13.0. The Balaban J connectivity index is 0.000000300. The highest BCUT2D eigenvalue weighted by atomic mass is 19.2. The van der Waals surface area contributed by atoms with Crippen LogP contribution in [0.25, 0.3) is 0 Å². The summed E-state index contributed by atoms with van der Waals surface area (Å²) < 4.78 is 77.2. The smallest absolute Gasteiger partial charge is 0.137 e. The minimum atomic E-state index is -0.971. The zero-order chi connectivity index (χ0) is 22.8. The van der Waals surface area contributed by atoms with Crippen LogP contribution in [0.2, 0.25) is 0 Å². The van der Waals surface area contributed by atoms with E-state index in [1.807, 2.05) is 27.7 Å². The second-order valence-corrected chi connectivity index (χ2v) is 6.65. The van der Waals surface area contributed by atoms with Crippen LogP contribution in [0.5, 0.6) is 0 Å². The third-order valence-corrected chi connectivity index (χ3v) is 3.14. The molecule has 0 aromatic heterocycles. The lowest BCUT2D eigenvalue weighted by atomic mass is 10.2. The van der Waals surface area contributed by atoms with Crippen molar-refractivity contribution in [1.29, 1.82) is 0 Å². The monoisotopic (exact) mass is 432 g/mol. The minimum absolute atomic E-state index is 0.0628. The highest BCUT2D eigenvalue weighted by molar-refractivity contribution is 5.80. The largest absolute Gasteiger partial charge is 0.308 e. The van der Waals surface area contributed by atoms with Crippen molar-refractivity contribution in [3.8, 4) is 0 Å². The van der Waals surface area contributed by atoms with Crippen molar-refractivity contribution in [1.82, 2.24) is 10.9 Å². The quantitative estimate of drug-likeness (QED) is 0.389. The summed E-state index contributed by atoms with van der Waals surface area (Å²) in [5.41, 5.74) is 4.50. The van der Waals surface area contributed by atoms with E-state index in [2.05, 4.69) is 21.1 Å². The van der Waals surface area contributed by atoms with Gasteiger partial charge < -0.3 is 10.9 Å². The molecule has 2 aromatic carbocycles. The Kier molecular flexibility index (Phi) is 9.87. The van der Waals surface area contributed by atoms with Gasteiger partial charge in [0.05, 0.1) is 23.6 Å². The summed E-state index contributed by atoms with van der Waals surface area (Å²) in [5.74, 6) is -5.77. The van der Waals surface area contributed by atoms with Gasteiger partial charge in [-0.3, -0.25) is 0 Å². The SMILES string of the molecule is CC(C)NN=Cc1c(F)cc(F)cc1F.CC(C)NN=Cc1c(F)cc(F)cc1F. The molecule has 30 heavy (non-hydrogen) atoms. The maximum Gasteiger partial charge on any atom is 0.137 e. The van der Waals surface area contributed by atoms with Crippen LogP contribution in [-0.4, -0.2) is 24.5 Å². The number of hydrazone groups is 2. The van der Waals surface area contributed by atoms with Gasteiger partial charge in [-0.05, 0) is 27.7 Å². The molecule has 0 heterocycles. The Morgan fingerprint density at radius 2 is 0.867 bits per heavy atom. The van der Waals surface area contributed by atoms with E-state index in [0.717, 1.165) is 12.4 Å². The Labute approximate surface area is 170 Å². The Bertz CT molecular complexity index is 777. The Hall–Kier alpha value is -3.04. The molecule has 0 saturated heterocycles. The molecule has 4 nitrogen and oxygen atoms in total. The molecule has 2 N–H and O–H groups in total. The first-order chi connectivity index (χ1) is 14.0. The van der Waals surface area contributed by atoms with Crippen molar-refractivity contribution >= 4 is 12.4 Å². The Morgan fingerprint density at radius 3 is 1.10 bits per heavy atom. The molecule has 10 heteroatoms. The van der Waals surface area contributed by atoms with Gasteiger partial charge in [0.1, 0.15) is 34.9 Å². The van der Waals surface area contributed by atoms with Crippen molar-refractivity contribution in [2.75, 3.05) is 0 Å². The van der Waals surface area contributed by atoms with E-state index in [-0.39, 0.29) is 23.2 Å². The van der Waals surface area contributed by atoms with E-state index < -0.39 is 34.9 Å². The van der Waals surface area contributed by atoms with Gasteiger partial charge in [-0.1, -0.05) is 0 Å². The molecule has 0 fully saturated rings. The third-order valence-electron chi connectivity index (χ3n) is 3.14. The molecule has 0 aliphatic rings. The van der Waals surface area contributed by atoms with E-state index in [4.69, 9.17) is 0 Å². The summed E-state index contributed by atoms with van der Waals surface area (Å²) >= 11 is 0. The fourth-order valence-electron chi connectivity index (χ4n) is 1.86. The van der Waals surface area contributed by atoms with Crippen molar-refractivity contribution in [3.05, 3.63) is 70.3 Å². The second kappa shape index (κ2) is 11.8. The average molecular weight is 432 g/mol. The topological polar surface area (TPSA) is 48.8 Å². The molecule has 164 valence electrons. The van der Waals surface area contributed by atoms with Crippen molar-refractivity contribution in [2.24, 2.45) is 10.2 Å². The van der Waals surface area contributed by atoms with Crippen LogP contribution in [0.4, 0.5) is 26.3 Å². The zero-order valence-electron chi connectivity index (χ0n) is 16.8. The van der Waals surface area contributed by atoms with Gasteiger partial charge in [-0.25, -0.2) is 26.3 Å². The molecule has 0 saturated carbocycles. The average Bonchev–Trinajstić information content (AvgIpc) is 2.59. The van der Waals surface area contributed by atoms with Crippen LogP contribution >= 0.6 is 0 Å². The van der Waals surface area contributed by atoms with Gasteiger partial charge in [-0.15, -0.1) is 0 Å². The molecule has 2 aromatic rings. The lowest BCUT2D eigenvalue weighted by Gasteiger charge is -2.03. The van der Waals surface area contributed by atoms with Gasteiger partial charge in [-0.2, -0.15) is 10.2 Å². The standard InChI is InChI=1S/2C10H11F3N2/c2*1-6(2)15-14-5-8-9(12)3-7(11)4-10(8)13/h2*3-6,15H,1-2H3. The first-order valence-electron chi connectivity index (χ1n) is 8.87. The molecular weight excluding hydrogens is 410 g/mol. The van der Waals surface area contributed by atoms with Crippen LogP contribution < -0.4 is 10.9 Å². The van der Waals surface area contributed by atoms with Gasteiger partial charge >= 0.3 is 0 Å². The summed E-state index contributed by atoms with van der Waals surface area (Å²) in [6.45, 7) is 7.31. The molecule has 0 spiro atoms. The van der Waals surface area contributed by atoms with Gasteiger partial charge in [0.25, 0.3) is 0 Å². The predicted octanol–water partition coefficient (Wildman–Crippen LogP) is 4.87. The maximum atomic E-state index is 13.0. The van der Waals surface area contributed by atoms with Gasteiger partial charge in [0.2, 0.25) is 0 Å². The normalized spacial score (nSPS) is 11.3. The van der Waals surface area contributed by atoms with E-state index in [9.17, 15) is 26.3 Å². The lowest BCUT2D eigenvalue weighted by Crippen LogP contribution is -2.16. The molecule has 0 atom stereocenters. The van der Waals surface area contributed by atoms with E-state index in [1.54, 1.807) is 0 Å². The summed E-state index contributed by atoms with van der Waals surface area (Å²) in [4.78, 5) is 0. The van der Waals surface area contributed by atoms with Crippen molar-refractivity contribution < 1.29 is 26.3 Å². The first-order valence-corrected chi connectivity index (χ1v) is 8.87. The molecular formula is C20H22F6N4. The predicted molar refractivity (Wildman–Crippen MR) is 104 cm³/mol. The molecule has 0 unspecified atom stereocenters. The molecule has 0 amide bonds. The summed E-state index contributed by atoms with van der Waals surface area (Å²) in [5, 5.41) is 7.23. The minimum Gasteiger partial charge on any atom is -0.308 e. The number of hydrogen-bond donors (Lipinski definition) is 2. The summed E-state index contributed by atoms with van der Waals surface area (Å²) in [6.07, 6.45) is 1.98. The van der Waals surface area contributed by atoms with Crippen LogP contribution in [0.3, 0.4) is 0 Å². The molecule has 0 aliphatic carbocycles. The van der Waals surface area contributed by atoms with E-state index in [1.165, 1.54) is 0 Å². The number of rotatable bonds is 6. The van der Waals surface area contributed by atoms with Gasteiger partial charge in [0.15, 0.2) is 0 Å². The summed E-state index contributed by atoms with van der Waals surface area (Å²) in [6, 6.07) is 2.57. The van der Waals surface area contributed by atoms with Crippen molar-refractivity contribution in [2.45, 2.75) is 39.8 Å². The first kappa shape index (κ1) is 25.0. The van der Waals surface area contributed by atoms with Crippen molar-refractivity contribution in [3.63, 3.8) is 0 Å². The fraction of sp³-hybridized carbons (Fsp3) is 0.300. The van der Waals surface area contributed by atoms with Gasteiger partial charge in [0, 0.05) is 36.3 Å². The van der Waals surface area contributed by atoms with E-state index in [0.29, 0.717) is 24.3 Å². The zero-order valence-corrected chi connectivity index (χ0v) is 16.8. The van der Waals surface area contributed by atoms with E-state index >= 15 is 0 Å². The molecule has 0 bridgehead atoms. The van der Waals surface area contributed by atoms with Crippen LogP contribution in [-0.2, 0) is 0 Å². The Morgan fingerprint density at radius 1 is 0.600 bits per heavy atom.